The average Bonchev–Trinajstić information content (AvgIpc) is 3.30. The molecule has 2 amide bonds. The molecule has 6 heteroatoms. The van der Waals surface area contributed by atoms with E-state index in [0.29, 0.717) is 16.1 Å². The Morgan fingerprint density at radius 2 is 1.73 bits per heavy atom. The van der Waals surface area contributed by atoms with Crippen molar-refractivity contribution in [2.75, 3.05) is 31.5 Å². The number of amides is 2. The molecular weight excluding hydrogens is 394 g/mol. The SMILES string of the molecule is Cc1cccc(CN2CCN(C(=O)c3ccc(NC(=O)c4cccs4)cc3)CC2)c1. The fourth-order valence-corrected chi connectivity index (χ4v) is 4.28. The van der Waals surface area contributed by atoms with Gasteiger partial charge in [-0.25, -0.2) is 0 Å². The first-order valence-corrected chi connectivity index (χ1v) is 11.0. The quantitative estimate of drug-likeness (QED) is 0.672. The van der Waals surface area contributed by atoms with Gasteiger partial charge in [0.2, 0.25) is 0 Å². The maximum Gasteiger partial charge on any atom is 0.265 e. The van der Waals surface area contributed by atoms with E-state index in [1.807, 2.05) is 16.3 Å². The van der Waals surface area contributed by atoms with Crippen LogP contribution in [0.4, 0.5) is 5.69 Å². The third-order valence-corrected chi connectivity index (χ3v) is 6.15. The summed E-state index contributed by atoms with van der Waals surface area (Å²) in [5.41, 5.74) is 3.93. The van der Waals surface area contributed by atoms with Crippen molar-refractivity contribution in [1.29, 1.82) is 0 Å². The van der Waals surface area contributed by atoms with Gasteiger partial charge >= 0.3 is 0 Å². The fourth-order valence-electron chi connectivity index (χ4n) is 3.66. The zero-order valence-corrected chi connectivity index (χ0v) is 17.8. The third kappa shape index (κ3) is 4.96. The van der Waals surface area contributed by atoms with Gasteiger partial charge in [0.05, 0.1) is 4.88 Å². The van der Waals surface area contributed by atoms with Gasteiger partial charge in [-0.3, -0.25) is 14.5 Å². The summed E-state index contributed by atoms with van der Waals surface area (Å²) in [6, 6.07) is 19.4. The molecule has 1 aliphatic heterocycles. The van der Waals surface area contributed by atoms with Crippen molar-refractivity contribution < 1.29 is 9.59 Å². The monoisotopic (exact) mass is 419 g/mol. The minimum Gasteiger partial charge on any atom is -0.336 e. The van der Waals surface area contributed by atoms with E-state index >= 15 is 0 Å². The normalized spacial score (nSPS) is 14.5. The summed E-state index contributed by atoms with van der Waals surface area (Å²) < 4.78 is 0. The van der Waals surface area contributed by atoms with Crippen LogP contribution in [0.3, 0.4) is 0 Å². The Hall–Kier alpha value is -2.96. The number of carbonyl (C=O) groups is 2. The second-order valence-corrected chi connectivity index (χ2v) is 8.51. The van der Waals surface area contributed by atoms with Crippen molar-refractivity contribution in [3.05, 3.63) is 87.6 Å². The molecule has 0 radical (unpaired) electrons. The number of nitrogens with one attached hydrogen (secondary N) is 1. The second-order valence-electron chi connectivity index (χ2n) is 7.57. The molecule has 30 heavy (non-hydrogen) atoms. The topological polar surface area (TPSA) is 52.6 Å². The summed E-state index contributed by atoms with van der Waals surface area (Å²) in [7, 11) is 0. The number of benzene rings is 2. The lowest BCUT2D eigenvalue weighted by Crippen LogP contribution is -2.48. The van der Waals surface area contributed by atoms with Crippen LogP contribution < -0.4 is 5.32 Å². The van der Waals surface area contributed by atoms with Crippen LogP contribution in [-0.4, -0.2) is 47.8 Å². The standard InChI is InChI=1S/C24H25N3O2S/c1-18-4-2-5-19(16-18)17-26-11-13-27(14-12-26)24(29)20-7-9-21(10-8-20)25-23(28)22-6-3-15-30-22/h2-10,15-16H,11-14,17H2,1H3,(H,25,28). The summed E-state index contributed by atoms with van der Waals surface area (Å²) in [5.74, 6) is -0.0878. The van der Waals surface area contributed by atoms with Gasteiger partial charge < -0.3 is 10.2 Å². The summed E-state index contributed by atoms with van der Waals surface area (Å²) in [6.45, 7) is 6.22. The van der Waals surface area contributed by atoms with Crippen LogP contribution in [0.25, 0.3) is 0 Å². The van der Waals surface area contributed by atoms with Crippen molar-refractivity contribution in [2.24, 2.45) is 0 Å². The Balaban J connectivity index is 1.30. The van der Waals surface area contributed by atoms with Gasteiger partial charge in [-0.05, 0) is 48.2 Å². The molecule has 154 valence electrons. The summed E-state index contributed by atoms with van der Waals surface area (Å²) in [5, 5.41) is 4.74. The summed E-state index contributed by atoms with van der Waals surface area (Å²) in [4.78, 5) is 30.0. The molecule has 0 atom stereocenters. The van der Waals surface area contributed by atoms with E-state index < -0.39 is 0 Å². The van der Waals surface area contributed by atoms with Crippen molar-refractivity contribution >= 4 is 28.8 Å². The Bertz CT molecular complexity index is 1010. The number of piperazine rings is 1. The summed E-state index contributed by atoms with van der Waals surface area (Å²) in [6.07, 6.45) is 0. The molecule has 1 saturated heterocycles. The lowest BCUT2D eigenvalue weighted by molar-refractivity contribution is 0.0628. The van der Waals surface area contributed by atoms with Gasteiger partial charge in [0.15, 0.2) is 0 Å². The molecule has 2 heterocycles. The zero-order valence-electron chi connectivity index (χ0n) is 17.0. The van der Waals surface area contributed by atoms with Gasteiger partial charge in [0, 0.05) is 44.0 Å². The largest absolute Gasteiger partial charge is 0.336 e. The van der Waals surface area contributed by atoms with E-state index in [1.165, 1.54) is 22.5 Å². The molecule has 1 fully saturated rings. The molecule has 0 bridgehead atoms. The van der Waals surface area contributed by atoms with E-state index in [-0.39, 0.29) is 11.8 Å². The first kappa shape index (κ1) is 20.3. The van der Waals surface area contributed by atoms with Crippen LogP contribution in [0.15, 0.2) is 66.0 Å². The molecule has 1 N–H and O–H groups in total. The van der Waals surface area contributed by atoms with Crippen molar-refractivity contribution in [3.63, 3.8) is 0 Å². The molecule has 4 rings (SSSR count). The molecule has 3 aromatic rings. The van der Waals surface area contributed by atoms with E-state index in [4.69, 9.17) is 0 Å². The van der Waals surface area contributed by atoms with Crippen LogP contribution in [0.2, 0.25) is 0 Å². The molecule has 1 aromatic heterocycles. The van der Waals surface area contributed by atoms with Crippen molar-refractivity contribution in [1.82, 2.24) is 9.80 Å². The second kappa shape index (κ2) is 9.24. The Labute approximate surface area is 180 Å². The smallest absolute Gasteiger partial charge is 0.265 e. The van der Waals surface area contributed by atoms with Crippen LogP contribution in [0.5, 0.6) is 0 Å². The van der Waals surface area contributed by atoms with E-state index in [9.17, 15) is 9.59 Å². The number of hydrogen-bond donors (Lipinski definition) is 1. The maximum atomic E-state index is 12.9. The first-order chi connectivity index (χ1) is 14.6. The van der Waals surface area contributed by atoms with Crippen molar-refractivity contribution in [3.8, 4) is 0 Å². The van der Waals surface area contributed by atoms with Gasteiger partial charge in [-0.2, -0.15) is 0 Å². The Morgan fingerprint density at radius 1 is 0.967 bits per heavy atom. The Kier molecular flexibility index (Phi) is 6.26. The summed E-state index contributed by atoms with van der Waals surface area (Å²) >= 11 is 1.40. The third-order valence-electron chi connectivity index (χ3n) is 5.28. The van der Waals surface area contributed by atoms with Gasteiger partial charge in [0.1, 0.15) is 0 Å². The Morgan fingerprint density at radius 3 is 2.40 bits per heavy atom. The minimum atomic E-state index is -0.131. The van der Waals surface area contributed by atoms with Gasteiger partial charge in [0.25, 0.3) is 11.8 Å². The number of nitrogens with zero attached hydrogens (tertiary/aromatic N) is 2. The highest BCUT2D eigenvalue weighted by Gasteiger charge is 2.22. The van der Waals surface area contributed by atoms with Crippen LogP contribution >= 0.6 is 11.3 Å². The first-order valence-electron chi connectivity index (χ1n) is 10.1. The lowest BCUT2D eigenvalue weighted by atomic mass is 10.1. The molecule has 1 aliphatic rings. The van der Waals surface area contributed by atoms with Crippen LogP contribution in [0.1, 0.15) is 31.2 Å². The lowest BCUT2D eigenvalue weighted by Gasteiger charge is -2.34. The number of thiophene rings is 1. The number of aryl methyl sites for hydroxylation is 1. The van der Waals surface area contributed by atoms with Crippen LogP contribution in [-0.2, 0) is 6.54 Å². The van der Waals surface area contributed by atoms with E-state index in [1.54, 1.807) is 30.3 Å². The number of anilines is 1. The van der Waals surface area contributed by atoms with Gasteiger partial charge in [-0.1, -0.05) is 35.9 Å². The molecule has 0 aliphatic carbocycles. The highest BCUT2D eigenvalue weighted by Crippen LogP contribution is 2.17. The molecule has 0 saturated carbocycles. The highest BCUT2D eigenvalue weighted by molar-refractivity contribution is 7.12. The number of carbonyl (C=O) groups excluding carboxylic acids is 2. The van der Waals surface area contributed by atoms with E-state index in [0.717, 1.165) is 32.7 Å². The maximum absolute atomic E-state index is 12.9. The highest BCUT2D eigenvalue weighted by atomic mass is 32.1. The van der Waals surface area contributed by atoms with Crippen molar-refractivity contribution in [2.45, 2.75) is 13.5 Å². The predicted octanol–water partition coefficient (Wildman–Crippen LogP) is 4.27. The minimum absolute atomic E-state index is 0.0429. The van der Waals surface area contributed by atoms with Gasteiger partial charge in [-0.15, -0.1) is 11.3 Å². The van der Waals surface area contributed by atoms with E-state index in [2.05, 4.69) is 41.4 Å². The number of hydrogen-bond acceptors (Lipinski definition) is 4. The fraction of sp³-hybridized carbons (Fsp3) is 0.250. The molecule has 0 spiro atoms. The molecular formula is C24H25N3O2S. The predicted molar refractivity (Wildman–Crippen MR) is 121 cm³/mol. The number of rotatable bonds is 5. The molecule has 0 unspecified atom stereocenters. The average molecular weight is 420 g/mol. The molecule has 2 aromatic carbocycles. The molecule has 5 nitrogen and oxygen atoms in total. The zero-order chi connectivity index (χ0) is 20.9. The van der Waals surface area contributed by atoms with Crippen LogP contribution in [0, 0.1) is 6.92 Å².